The Balaban J connectivity index is 3.05. The number of esters is 1. The van der Waals surface area contributed by atoms with Crippen LogP contribution in [-0.2, 0) is 9.53 Å². The first kappa shape index (κ1) is 12.0. The van der Waals surface area contributed by atoms with Gasteiger partial charge in [0.05, 0.1) is 12.7 Å². The van der Waals surface area contributed by atoms with Crippen molar-refractivity contribution in [2.75, 3.05) is 7.11 Å². The van der Waals surface area contributed by atoms with Crippen LogP contribution in [0, 0.1) is 11.6 Å². The average molecular weight is 226 g/mol. The van der Waals surface area contributed by atoms with Crippen molar-refractivity contribution in [2.45, 2.75) is 0 Å². The fraction of sp³-hybridized carbons (Fsp3) is 0.0909. The van der Waals surface area contributed by atoms with Gasteiger partial charge in [-0.1, -0.05) is 0 Å². The summed E-state index contributed by atoms with van der Waals surface area (Å²) >= 11 is 0. The number of methoxy groups -OCH3 is 1. The summed E-state index contributed by atoms with van der Waals surface area (Å²) in [5, 5.41) is 0. The van der Waals surface area contributed by atoms with Gasteiger partial charge in [0.2, 0.25) is 0 Å². The van der Waals surface area contributed by atoms with Crippen LogP contribution in [0.1, 0.15) is 15.9 Å². The number of carbonyl (C=O) groups excluding carboxylic acids is 2. The summed E-state index contributed by atoms with van der Waals surface area (Å²) in [6, 6.07) is 1.90. The molecular formula is C11H8F2O3. The maximum Gasteiger partial charge on any atom is 0.330 e. The quantitative estimate of drug-likeness (QED) is 0.449. The molecule has 0 aliphatic carbocycles. The van der Waals surface area contributed by atoms with E-state index < -0.39 is 23.2 Å². The molecule has 1 aromatic carbocycles. The highest BCUT2D eigenvalue weighted by Gasteiger charge is 2.08. The molecule has 0 heterocycles. The third-order valence-corrected chi connectivity index (χ3v) is 1.83. The van der Waals surface area contributed by atoms with Crippen molar-refractivity contribution in [3.05, 3.63) is 41.0 Å². The van der Waals surface area contributed by atoms with Gasteiger partial charge in [-0.05, 0) is 23.8 Å². The lowest BCUT2D eigenvalue weighted by atomic mass is 10.1. The Kier molecular flexibility index (Phi) is 3.88. The Morgan fingerprint density at radius 2 is 1.88 bits per heavy atom. The highest BCUT2D eigenvalue weighted by Crippen LogP contribution is 2.14. The molecule has 0 aliphatic heterocycles. The van der Waals surface area contributed by atoms with Gasteiger partial charge in [0.1, 0.15) is 11.6 Å². The van der Waals surface area contributed by atoms with Crippen molar-refractivity contribution in [3.63, 3.8) is 0 Å². The van der Waals surface area contributed by atoms with Crippen LogP contribution in [0.3, 0.4) is 0 Å². The minimum Gasteiger partial charge on any atom is -0.466 e. The second-order valence-electron chi connectivity index (χ2n) is 2.87. The molecule has 0 radical (unpaired) electrons. The van der Waals surface area contributed by atoms with Crippen LogP contribution in [0.2, 0.25) is 0 Å². The predicted molar refractivity (Wildman–Crippen MR) is 52.8 cm³/mol. The number of halogens is 2. The molecule has 0 N–H and O–H groups in total. The Bertz CT molecular complexity index is 430. The molecule has 0 aliphatic rings. The number of aldehydes is 1. The summed E-state index contributed by atoms with van der Waals surface area (Å²) in [4.78, 5) is 21.0. The summed E-state index contributed by atoms with van der Waals surface area (Å²) < 4.78 is 30.5. The predicted octanol–water partition coefficient (Wildman–Crippen LogP) is 1.96. The number of hydrogen-bond acceptors (Lipinski definition) is 3. The van der Waals surface area contributed by atoms with Crippen molar-refractivity contribution in [3.8, 4) is 0 Å². The van der Waals surface area contributed by atoms with Gasteiger partial charge in [-0.25, -0.2) is 13.6 Å². The molecule has 3 nitrogen and oxygen atoms in total. The van der Waals surface area contributed by atoms with Gasteiger partial charge in [0, 0.05) is 6.08 Å². The maximum atomic E-state index is 13.1. The molecule has 16 heavy (non-hydrogen) atoms. The van der Waals surface area contributed by atoms with E-state index in [1.807, 2.05) is 0 Å². The lowest BCUT2D eigenvalue weighted by molar-refractivity contribution is -0.134. The van der Waals surface area contributed by atoms with Crippen LogP contribution in [0.15, 0.2) is 18.2 Å². The van der Waals surface area contributed by atoms with Crippen molar-refractivity contribution in [1.82, 2.24) is 0 Å². The van der Waals surface area contributed by atoms with Gasteiger partial charge in [-0.3, -0.25) is 4.79 Å². The number of hydrogen-bond donors (Lipinski definition) is 0. The molecule has 0 bridgehead atoms. The third-order valence-electron chi connectivity index (χ3n) is 1.83. The molecule has 0 saturated carbocycles. The Morgan fingerprint density at radius 3 is 2.31 bits per heavy atom. The first-order valence-electron chi connectivity index (χ1n) is 4.28. The summed E-state index contributed by atoms with van der Waals surface area (Å²) in [5.41, 5.74) is -0.499. The molecule has 84 valence electrons. The van der Waals surface area contributed by atoms with E-state index in [1.165, 1.54) is 13.2 Å². The summed E-state index contributed by atoms with van der Waals surface area (Å²) in [6.07, 6.45) is 2.31. The zero-order valence-electron chi connectivity index (χ0n) is 8.37. The summed E-state index contributed by atoms with van der Waals surface area (Å²) in [5.74, 6) is -2.58. The summed E-state index contributed by atoms with van der Waals surface area (Å²) in [6.45, 7) is 0. The van der Waals surface area contributed by atoms with E-state index in [4.69, 9.17) is 0 Å². The first-order chi connectivity index (χ1) is 7.58. The minimum absolute atomic E-state index is 0.0957. The van der Waals surface area contributed by atoms with Gasteiger partial charge < -0.3 is 4.74 Å². The number of benzene rings is 1. The molecule has 1 aromatic rings. The molecular weight excluding hydrogens is 218 g/mol. The van der Waals surface area contributed by atoms with E-state index in [0.717, 1.165) is 18.2 Å². The standard InChI is InChI=1S/C11H8F2O3/c1-16-11(15)3-2-7-4-9(12)8(6-14)10(13)5-7/h2-6H,1H3. The van der Waals surface area contributed by atoms with Crippen LogP contribution in [0.25, 0.3) is 6.08 Å². The second-order valence-corrected chi connectivity index (χ2v) is 2.87. The number of carbonyl (C=O) groups is 2. The Morgan fingerprint density at radius 1 is 1.31 bits per heavy atom. The van der Waals surface area contributed by atoms with Crippen LogP contribution >= 0.6 is 0 Å². The van der Waals surface area contributed by atoms with E-state index in [9.17, 15) is 18.4 Å². The van der Waals surface area contributed by atoms with Crippen LogP contribution < -0.4 is 0 Å². The van der Waals surface area contributed by atoms with E-state index in [2.05, 4.69) is 4.74 Å². The normalized spacial score (nSPS) is 10.4. The Hall–Kier alpha value is -2.04. The van der Waals surface area contributed by atoms with E-state index >= 15 is 0 Å². The van der Waals surface area contributed by atoms with Gasteiger partial charge in [0.15, 0.2) is 6.29 Å². The van der Waals surface area contributed by atoms with Crippen molar-refractivity contribution in [1.29, 1.82) is 0 Å². The molecule has 1 rings (SSSR count). The van der Waals surface area contributed by atoms with E-state index in [-0.39, 0.29) is 11.8 Å². The fourth-order valence-corrected chi connectivity index (χ4v) is 1.05. The lowest BCUT2D eigenvalue weighted by Gasteiger charge is -1.99. The molecule has 0 unspecified atom stereocenters. The SMILES string of the molecule is COC(=O)C=Cc1cc(F)c(C=O)c(F)c1. The zero-order valence-corrected chi connectivity index (χ0v) is 8.37. The first-order valence-corrected chi connectivity index (χ1v) is 4.28. The second kappa shape index (κ2) is 5.16. The maximum absolute atomic E-state index is 13.1. The zero-order chi connectivity index (χ0) is 12.1. The minimum atomic E-state index is -0.973. The monoisotopic (exact) mass is 226 g/mol. The van der Waals surface area contributed by atoms with Crippen molar-refractivity contribution < 1.29 is 23.1 Å². The van der Waals surface area contributed by atoms with Gasteiger partial charge in [-0.2, -0.15) is 0 Å². The largest absolute Gasteiger partial charge is 0.466 e. The highest BCUT2D eigenvalue weighted by atomic mass is 19.1. The molecule has 0 saturated heterocycles. The van der Waals surface area contributed by atoms with Gasteiger partial charge >= 0.3 is 5.97 Å². The van der Waals surface area contributed by atoms with Crippen LogP contribution in [0.5, 0.6) is 0 Å². The molecule has 0 amide bonds. The average Bonchev–Trinajstić information content (AvgIpc) is 2.25. The molecule has 5 heteroatoms. The third kappa shape index (κ3) is 2.73. The van der Waals surface area contributed by atoms with E-state index in [1.54, 1.807) is 0 Å². The van der Waals surface area contributed by atoms with Gasteiger partial charge in [0.25, 0.3) is 0 Å². The highest BCUT2D eigenvalue weighted by molar-refractivity contribution is 5.87. The van der Waals surface area contributed by atoms with E-state index in [0.29, 0.717) is 0 Å². The molecule has 0 spiro atoms. The Labute approximate surface area is 90.3 Å². The topological polar surface area (TPSA) is 43.4 Å². The van der Waals surface area contributed by atoms with Crippen molar-refractivity contribution in [2.24, 2.45) is 0 Å². The van der Waals surface area contributed by atoms with Crippen LogP contribution in [0.4, 0.5) is 8.78 Å². The van der Waals surface area contributed by atoms with Crippen molar-refractivity contribution >= 4 is 18.3 Å². The molecule has 0 fully saturated rings. The molecule has 0 atom stereocenters. The summed E-state index contributed by atoms with van der Waals surface area (Å²) in [7, 11) is 1.18. The number of rotatable bonds is 3. The smallest absolute Gasteiger partial charge is 0.330 e. The van der Waals surface area contributed by atoms with Crippen LogP contribution in [-0.4, -0.2) is 19.4 Å². The molecule has 0 aromatic heterocycles. The van der Waals surface area contributed by atoms with Gasteiger partial charge in [-0.15, -0.1) is 0 Å². The lowest BCUT2D eigenvalue weighted by Crippen LogP contribution is -1.96. The number of ether oxygens (including phenoxy) is 1. The fourth-order valence-electron chi connectivity index (χ4n) is 1.05.